The van der Waals surface area contributed by atoms with Crippen molar-refractivity contribution < 1.29 is 50.5 Å². The zero-order valence-corrected chi connectivity index (χ0v) is 26.0. The number of unbranched alkanes of at least 4 members (excludes halogenated alkanes) is 1. The van der Waals surface area contributed by atoms with Crippen LogP contribution in [0.25, 0.3) is 0 Å². The standard InChI is InChI=1S/C34H36F6N2O5/c1-22(2)47-27-16-13-25(14-17-27)31(3)29(43)42(30(44)41-31)19-7-8-20-46-28-18-15-26(32(45,33(35,36)37)34(38,39)40)21-24(28)12-11-23-9-5-4-6-10-23/h4-6,9-10,13-18,21-22,45H,7-8,11-12,19-20H2,1-3H3,(H,41,44). The first-order chi connectivity index (χ1) is 22.0. The number of benzene rings is 3. The van der Waals surface area contributed by atoms with Crippen LogP contribution in [-0.4, -0.2) is 53.6 Å². The average Bonchev–Trinajstić information content (AvgIpc) is 3.22. The first kappa shape index (κ1) is 35.6. The molecule has 1 atom stereocenters. The molecular formula is C34H36F6N2O5. The van der Waals surface area contributed by atoms with Crippen LogP contribution in [0.2, 0.25) is 0 Å². The Balaban J connectivity index is 1.42. The van der Waals surface area contributed by atoms with E-state index in [2.05, 4.69) is 5.32 Å². The first-order valence-electron chi connectivity index (χ1n) is 15.0. The van der Waals surface area contributed by atoms with Crippen LogP contribution >= 0.6 is 0 Å². The minimum atomic E-state index is -6.02. The highest BCUT2D eigenvalue weighted by Crippen LogP contribution is 2.50. The number of aryl methyl sites for hydroxylation is 2. The van der Waals surface area contributed by atoms with E-state index in [1.807, 2.05) is 13.8 Å². The number of ether oxygens (including phenoxy) is 2. The van der Waals surface area contributed by atoms with Gasteiger partial charge in [0, 0.05) is 12.1 Å². The molecule has 0 aromatic heterocycles. The molecule has 1 aliphatic heterocycles. The molecule has 0 aliphatic carbocycles. The van der Waals surface area contributed by atoms with E-state index < -0.39 is 41.0 Å². The van der Waals surface area contributed by atoms with Gasteiger partial charge in [0.2, 0.25) is 0 Å². The summed E-state index contributed by atoms with van der Waals surface area (Å²) in [4.78, 5) is 27.1. The number of carbonyl (C=O) groups is 2. The molecule has 1 aliphatic rings. The number of alkyl halides is 6. The van der Waals surface area contributed by atoms with Crippen LogP contribution in [-0.2, 0) is 28.8 Å². The van der Waals surface area contributed by atoms with Gasteiger partial charge in [-0.15, -0.1) is 0 Å². The van der Waals surface area contributed by atoms with Crippen LogP contribution in [0.4, 0.5) is 31.1 Å². The quantitative estimate of drug-likeness (QED) is 0.115. The van der Waals surface area contributed by atoms with E-state index in [0.29, 0.717) is 36.3 Å². The van der Waals surface area contributed by atoms with Gasteiger partial charge in [-0.2, -0.15) is 26.3 Å². The Morgan fingerprint density at radius 3 is 2.11 bits per heavy atom. The largest absolute Gasteiger partial charge is 0.493 e. The van der Waals surface area contributed by atoms with Gasteiger partial charge in [0.05, 0.1) is 12.7 Å². The third kappa shape index (κ3) is 7.66. The number of aliphatic hydroxyl groups is 1. The van der Waals surface area contributed by atoms with Crippen molar-refractivity contribution in [3.63, 3.8) is 0 Å². The average molecular weight is 667 g/mol. The lowest BCUT2D eigenvalue weighted by molar-refractivity contribution is -0.376. The van der Waals surface area contributed by atoms with E-state index in [4.69, 9.17) is 9.47 Å². The lowest BCUT2D eigenvalue weighted by atomic mass is 9.89. The highest BCUT2D eigenvalue weighted by atomic mass is 19.4. The van der Waals surface area contributed by atoms with Gasteiger partial charge in [0.1, 0.15) is 17.0 Å². The number of nitrogens with zero attached hydrogens (tertiary/aromatic N) is 1. The predicted octanol–water partition coefficient (Wildman–Crippen LogP) is 7.20. The van der Waals surface area contributed by atoms with Crippen LogP contribution in [0.3, 0.4) is 0 Å². The van der Waals surface area contributed by atoms with Gasteiger partial charge in [0.25, 0.3) is 11.5 Å². The molecule has 4 rings (SSSR count). The number of hydrogen-bond acceptors (Lipinski definition) is 5. The molecule has 3 aromatic rings. The van der Waals surface area contributed by atoms with Crippen LogP contribution in [0.1, 0.15) is 55.9 Å². The molecule has 0 spiro atoms. The Bertz CT molecular complexity index is 1530. The Hall–Kier alpha value is -4.26. The SMILES string of the molecule is CC(C)Oc1ccc(C2(C)NC(=O)N(CCCCOc3ccc(C(O)(C(F)(F)F)C(F)(F)F)cc3CCc3ccccc3)C2=O)cc1. The van der Waals surface area contributed by atoms with Gasteiger partial charge in [-0.25, -0.2) is 4.79 Å². The lowest BCUT2D eigenvalue weighted by Crippen LogP contribution is -2.53. The number of imide groups is 1. The summed E-state index contributed by atoms with van der Waals surface area (Å²) in [6, 6.07) is 17.3. The molecule has 1 saturated heterocycles. The summed E-state index contributed by atoms with van der Waals surface area (Å²) in [6.45, 7) is 5.43. The number of carbonyl (C=O) groups excluding carboxylic acids is 2. The Morgan fingerprint density at radius 2 is 1.51 bits per heavy atom. The van der Waals surface area contributed by atoms with Crippen LogP contribution in [0.15, 0.2) is 72.8 Å². The second-order valence-corrected chi connectivity index (χ2v) is 11.8. The molecule has 47 heavy (non-hydrogen) atoms. The zero-order chi connectivity index (χ0) is 34.6. The van der Waals surface area contributed by atoms with Gasteiger partial charge < -0.3 is 19.9 Å². The second-order valence-electron chi connectivity index (χ2n) is 11.8. The highest BCUT2D eigenvalue weighted by Gasteiger charge is 2.71. The van der Waals surface area contributed by atoms with Crippen molar-refractivity contribution in [3.05, 3.63) is 95.1 Å². The van der Waals surface area contributed by atoms with Crippen LogP contribution in [0, 0.1) is 0 Å². The fraction of sp³-hybridized carbons (Fsp3) is 0.412. The number of urea groups is 1. The summed E-state index contributed by atoms with van der Waals surface area (Å²) >= 11 is 0. The summed E-state index contributed by atoms with van der Waals surface area (Å²) < 4.78 is 92.9. The highest BCUT2D eigenvalue weighted by molar-refractivity contribution is 6.07. The molecule has 3 amide bonds. The topological polar surface area (TPSA) is 88.1 Å². The molecule has 7 nitrogen and oxygen atoms in total. The number of hydrogen-bond donors (Lipinski definition) is 2. The number of nitrogens with one attached hydrogen (secondary N) is 1. The molecular weight excluding hydrogens is 630 g/mol. The van der Waals surface area contributed by atoms with Crippen molar-refractivity contribution in [3.8, 4) is 11.5 Å². The molecule has 1 fully saturated rings. The third-order valence-electron chi connectivity index (χ3n) is 7.94. The minimum absolute atomic E-state index is 0.00127. The molecule has 2 N–H and O–H groups in total. The molecule has 0 radical (unpaired) electrons. The molecule has 0 saturated carbocycles. The second kappa shape index (κ2) is 13.8. The summed E-state index contributed by atoms with van der Waals surface area (Å²) in [7, 11) is 0. The molecule has 1 unspecified atom stereocenters. The van der Waals surface area contributed by atoms with Crippen molar-refractivity contribution in [2.45, 2.75) is 76.1 Å². The summed E-state index contributed by atoms with van der Waals surface area (Å²) in [5, 5.41) is 12.7. The summed E-state index contributed by atoms with van der Waals surface area (Å²) in [5.41, 5.74) is -6.29. The number of amides is 3. The monoisotopic (exact) mass is 666 g/mol. The molecule has 1 heterocycles. The maximum atomic E-state index is 13.6. The van der Waals surface area contributed by atoms with Gasteiger partial charge in [0.15, 0.2) is 0 Å². The van der Waals surface area contributed by atoms with E-state index in [0.717, 1.165) is 16.5 Å². The maximum absolute atomic E-state index is 13.6. The summed E-state index contributed by atoms with van der Waals surface area (Å²) in [6.07, 6.45) is -11.1. The predicted molar refractivity (Wildman–Crippen MR) is 161 cm³/mol. The Labute approximate surface area is 268 Å². The van der Waals surface area contributed by atoms with Crippen molar-refractivity contribution in [2.75, 3.05) is 13.2 Å². The van der Waals surface area contributed by atoms with Crippen molar-refractivity contribution >= 4 is 11.9 Å². The minimum Gasteiger partial charge on any atom is -0.493 e. The zero-order valence-electron chi connectivity index (χ0n) is 26.0. The number of halogens is 6. The van der Waals surface area contributed by atoms with Crippen LogP contribution in [0.5, 0.6) is 11.5 Å². The van der Waals surface area contributed by atoms with E-state index in [9.17, 15) is 41.0 Å². The van der Waals surface area contributed by atoms with Crippen molar-refractivity contribution in [1.82, 2.24) is 10.2 Å². The Kier molecular flexibility index (Phi) is 10.5. The third-order valence-corrected chi connectivity index (χ3v) is 7.94. The Morgan fingerprint density at radius 1 is 0.872 bits per heavy atom. The van der Waals surface area contributed by atoms with Gasteiger partial charge in [-0.05, 0) is 87.4 Å². The maximum Gasteiger partial charge on any atom is 0.430 e. The number of rotatable bonds is 13. The first-order valence-corrected chi connectivity index (χ1v) is 15.0. The van der Waals surface area contributed by atoms with Crippen molar-refractivity contribution in [2.24, 2.45) is 0 Å². The fourth-order valence-electron chi connectivity index (χ4n) is 5.34. The van der Waals surface area contributed by atoms with Crippen molar-refractivity contribution in [1.29, 1.82) is 0 Å². The van der Waals surface area contributed by atoms with Crippen LogP contribution < -0.4 is 14.8 Å². The van der Waals surface area contributed by atoms with E-state index >= 15 is 0 Å². The molecule has 254 valence electrons. The van der Waals surface area contributed by atoms with Gasteiger partial charge >= 0.3 is 18.4 Å². The van der Waals surface area contributed by atoms with E-state index in [-0.39, 0.29) is 43.4 Å². The normalized spacial score (nSPS) is 17.3. The molecule has 13 heteroatoms. The van der Waals surface area contributed by atoms with Gasteiger partial charge in [-0.1, -0.05) is 48.5 Å². The summed E-state index contributed by atoms with van der Waals surface area (Å²) in [5.74, 6) is 0.237. The molecule has 3 aromatic carbocycles. The fourth-order valence-corrected chi connectivity index (χ4v) is 5.34. The van der Waals surface area contributed by atoms with E-state index in [1.165, 1.54) is 0 Å². The lowest BCUT2D eigenvalue weighted by Gasteiger charge is -2.33. The smallest absolute Gasteiger partial charge is 0.430 e. The molecule has 0 bridgehead atoms. The van der Waals surface area contributed by atoms with Gasteiger partial charge in [-0.3, -0.25) is 9.69 Å². The van der Waals surface area contributed by atoms with E-state index in [1.54, 1.807) is 61.5 Å².